The van der Waals surface area contributed by atoms with Crippen LogP contribution in [0.4, 0.5) is 0 Å². The predicted molar refractivity (Wildman–Crippen MR) is 64.9 cm³/mol. The van der Waals surface area contributed by atoms with Gasteiger partial charge in [0.15, 0.2) is 5.69 Å². The molecule has 2 heterocycles. The molecule has 1 aliphatic heterocycles. The Balaban J connectivity index is 2.07. The molecule has 1 aromatic heterocycles. The van der Waals surface area contributed by atoms with E-state index in [1.807, 2.05) is 0 Å². The quantitative estimate of drug-likeness (QED) is 0.401. The zero-order valence-electron chi connectivity index (χ0n) is 10.6. The van der Waals surface area contributed by atoms with E-state index >= 15 is 0 Å². The number of hydrogen-bond donors (Lipinski definition) is 5. The molecule has 1 saturated heterocycles. The van der Waals surface area contributed by atoms with Crippen LogP contribution in [0.3, 0.4) is 0 Å². The molecule has 3 atom stereocenters. The van der Waals surface area contributed by atoms with Crippen molar-refractivity contribution in [3.05, 3.63) is 12.0 Å². The Morgan fingerprint density at radius 1 is 1.62 bits per heavy atom. The molecule has 0 aliphatic carbocycles. The minimum absolute atomic E-state index is 0.0112. The number of carbonyl (C=O) groups is 1. The summed E-state index contributed by atoms with van der Waals surface area (Å²) in [5, 5.41) is 19.5. The molecule has 0 radical (unpaired) electrons. The van der Waals surface area contributed by atoms with Crippen molar-refractivity contribution in [2.45, 2.75) is 24.9 Å². The second-order valence-corrected chi connectivity index (χ2v) is 5.65. The van der Waals surface area contributed by atoms with Gasteiger partial charge in [-0.3, -0.25) is 13.9 Å². The molecule has 6 N–H and O–H groups in total. The van der Waals surface area contributed by atoms with Gasteiger partial charge in [-0.25, -0.2) is 9.55 Å². The van der Waals surface area contributed by atoms with Crippen LogP contribution in [-0.4, -0.2) is 54.3 Å². The van der Waals surface area contributed by atoms with Crippen molar-refractivity contribution in [1.29, 1.82) is 0 Å². The highest BCUT2D eigenvalue weighted by Crippen LogP contribution is 2.39. The highest BCUT2D eigenvalue weighted by molar-refractivity contribution is 7.46. The molecule has 0 unspecified atom stereocenters. The Morgan fingerprint density at radius 2 is 2.29 bits per heavy atom. The number of amides is 1. The van der Waals surface area contributed by atoms with Crippen LogP contribution in [0.25, 0.3) is 0 Å². The van der Waals surface area contributed by atoms with Gasteiger partial charge in [-0.05, 0) is 0 Å². The largest absolute Gasteiger partial charge is 0.493 e. The van der Waals surface area contributed by atoms with Gasteiger partial charge in [-0.1, -0.05) is 0 Å². The van der Waals surface area contributed by atoms with Gasteiger partial charge < -0.3 is 30.5 Å². The summed E-state index contributed by atoms with van der Waals surface area (Å²) in [7, 11) is -4.68. The average Bonchev–Trinajstić information content (AvgIpc) is 2.89. The number of hydrogen-bond acceptors (Lipinski definition) is 7. The smallest absolute Gasteiger partial charge is 0.469 e. The monoisotopic (exact) mass is 323 g/mol. The van der Waals surface area contributed by atoms with Crippen LogP contribution in [0.5, 0.6) is 5.88 Å². The first-order valence-corrected chi connectivity index (χ1v) is 7.31. The minimum Gasteiger partial charge on any atom is -0.493 e. The predicted octanol–water partition coefficient (Wildman–Crippen LogP) is -1.55. The summed E-state index contributed by atoms with van der Waals surface area (Å²) in [6.07, 6.45) is -1.82. The molecule has 0 spiro atoms. The van der Waals surface area contributed by atoms with Crippen molar-refractivity contribution in [1.82, 2.24) is 9.55 Å². The fourth-order valence-electron chi connectivity index (χ4n) is 1.95. The van der Waals surface area contributed by atoms with Crippen LogP contribution in [-0.2, 0) is 13.8 Å². The molecule has 1 aromatic rings. The molecule has 1 fully saturated rings. The lowest BCUT2D eigenvalue weighted by atomic mass is 10.2. The summed E-state index contributed by atoms with van der Waals surface area (Å²) < 4.78 is 21.3. The summed E-state index contributed by atoms with van der Waals surface area (Å²) in [6, 6.07) is 0. The maximum Gasteiger partial charge on any atom is 0.469 e. The fraction of sp³-hybridized carbons (Fsp3) is 0.556. The number of phosphoric ester groups is 1. The highest BCUT2D eigenvalue weighted by atomic mass is 31.2. The maximum absolute atomic E-state index is 11.0. The molecular formula is C9H14N3O8P. The number of aliphatic hydroxyl groups is 1. The van der Waals surface area contributed by atoms with Crippen LogP contribution < -0.4 is 5.73 Å². The first-order chi connectivity index (χ1) is 9.69. The van der Waals surface area contributed by atoms with Crippen molar-refractivity contribution < 1.29 is 38.6 Å². The standard InChI is InChI=1S/C9H14N3O8P/c10-8(14)7-9(15)12(3-11-7)6-1-4(13)5(20-6)2-19-21(16,17)18/h3-6,13,15H,1-2H2,(H2,10,14)(H2,16,17,18)/t4-,5+,6+/m0/s1. The lowest BCUT2D eigenvalue weighted by molar-refractivity contribution is -0.0453. The molecule has 118 valence electrons. The van der Waals surface area contributed by atoms with Gasteiger partial charge in [0.25, 0.3) is 5.91 Å². The third-order valence-electron chi connectivity index (χ3n) is 2.92. The van der Waals surface area contributed by atoms with E-state index in [-0.39, 0.29) is 12.1 Å². The molecule has 12 heteroatoms. The second-order valence-electron chi connectivity index (χ2n) is 4.41. The summed E-state index contributed by atoms with van der Waals surface area (Å²) >= 11 is 0. The number of nitrogens with two attached hydrogens (primary N) is 1. The first kappa shape index (κ1) is 15.9. The van der Waals surface area contributed by atoms with Crippen molar-refractivity contribution >= 4 is 13.7 Å². The molecule has 21 heavy (non-hydrogen) atoms. The van der Waals surface area contributed by atoms with Crippen LogP contribution in [0, 0.1) is 0 Å². The van der Waals surface area contributed by atoms with Crippen molar-refractivity contribution in [2.24, 2.45) is 5.73 Å². The Labute approximate surface area is 118 Å². The lowest BCUT2D eigenvalue weighted by Gasteiger charge is -2.16. The van der Waals surface area contributed by atoms with E-state index in [1.54, 1.807) is 0 Å². The van der Waals surface area contributed by atoms with Crippen LogP contribution in [0.2, 0.25) is 0 Å². The van der Waals surface area contributed by atoms with Gasteiger partial charge in [0.2, 0.25) is 5.88 Å². The number of aliphatic hydroxyl groups excluding tert-OH is 1. The Bertz CT molecular complexity index is 584. The Kier molecular flexibility index (Phi) is 4.33. The van der Waals surface area contributed by atoms with Crippen LogP contribution in [0.1, 0.15) is 23.1 Å². The third-order valence-corrected chi connectivity index (χ3v) is 3.41. The molecule has 0 bridgehead atoms. The normalized spacial score (nSPS) is 26.1. The Morgan fingerprint density at radius 3 is 2.81 bits per heavy atom. The van der Waals surface area contributed by atoms with Crippen LogP contribution in [0.15, 0.2) is 6.33 Å². The highest BCUT2D eigenvalue weighted by Gasteiger charge is 2.37. The lowest BCUT2D eigenvalue weighted by Crippen LogP contribution is -2.25. The first-order valence-electron chi connectivity index (χ1n) is 5.78. The van der Waals surface area contributed by atoms with Crippen LogP contribution >= 0.6 is 7.82 Å². The molecule has 0 aromatic carbocycles. The number of carbonyl (C=O) groups excluding carboxylic acids is 1. The van der Waals surface area contributed by atoms with Gasteiger partial charge in [0.05, 0.1) is 12.7 Å². The number of imidazole rings is 1. The van der Waals surface area contributed by atoms with E-state index in [0.717, 1.165) is 10.9 Å². The topological polar surface area (TPSA) is 177 Å². The molecule has 0 saturated carbocycles. The van der Waals surface area contributed by atoms with Crippen molar-refractivity contribution in [3.8, 4) is 5.88 Å². The molecule has 11 nitrogen and oxygen atoms in total. The average molecular weight is 323 g/mol. The van der Waals surface area contributed by atoms with Gasteiger partial charge in [-0.15, -0.1) is 0 Å². The second kappa shape index (κ2) is 5.72. The summed E-state index contributed by atoms with van der Waals surface area (Å²) in [6.45, 7) is -0.528. The van der Waals surface area contributed by atoms with E-state index in [1.165, 1.54) is 0 Å². The number of nitrogens with zero attached hydrogens (tertiary/aromatic N) is 2. The molecule has 2 rings (SSSR count). The van der Waals surface area contributed by atoms with Gasteiger partial charge >= 0.3 is 7.82 Å². The molecule has 1 amide bonds. The van der Waals surface area contributed by atoms with Gasteiger partial charge in [0.1, 0.15) is 18.7 Å². The van der Waals surface area contributed by atoms with E-state index in [2.05, 4.69) is 9.51 Å². The zero-order valence-corrected chi connectivity index (χ0v) is 11.5. The summed E-state index contributed by atoms with van der Waals surface area (Å²) in [4.78, 5) is 31.8. The van der Waals surface area contributed by atoms with E-state index in [0.29, 0.717) is 0 Å². The van der Waals surface area contributed by atoms with E-state index < -0.39 is 44.7 Å². The van der Waals surface area contributed by atoms with Crippen molar-refractivity contribution in [2.75, 3.05) is 6.61 Å². The number of aromatic hydroxyl groups is 1. The number of aromatic nitrogens is 2. The number of primary amides is 1. The third kappa shape index (κ3) is 3.59. The minimum atomic E-state index is -4.68. The Hall–Kier alpha value is -1.49. The molecular weight excluding hydrogens is 309 g/mol. The van der Waals surface area contributed by atoms with E-state index in [9.17, 15) is 19.6 Å². The van der Waals surface area contributed by atoms with Gasteiger partial charge in [0, 0.05) is 6.42 Å². The van der Waals surface area contributed by atoms with Gasteiger partial charge in [-0.2, -0.15) is 0 Å². The SMILES string of the molecule is NC(=O)c1ncn([C@H]2C[C@H](O)[C@@H](COP(=O)(O)O)O2)c1O. The zero-order chi connectivity index (χ0) is 15.8. The van der Waals surface area contributed by atoms with Crippen molar-refractivity contribution in [3.63, 3.8) is 0 Å². The summed E-state index contributed by atoms with van der Waals surface area (Å²) in [5.74, 6) is -1.44. The number of phosphoric acid groups is 1. The molecule has 1 aliphatic rings. The number of rotatable bonds is 5. The van der Waals surface area contributed by atoms with E-state index in [4.69, 9.17) is 20.3 Å². The summed E-state index contributed by atoms with van der Waals surface area (Å²) in [5.41, 5.74) is 4.66. The fourth-order valence-corrected chi connectivity index (χ4v) is 2.29. The maximum atomic E-state index is 11.0. The number of ether oxygens (including phenoxy) is 1.